The maximum absolute atomic E-state index is 12.3. The molecule has 0 amide bonds. The Morgan fingerprint density at radius 2 is 2.05 bits per heavy atom. The minimum atomic E-state index is -2.95. The van der Waals surface area contributed by atoms with Crippen LogP contribution in [0, 0.1) is 5.92 Å². The molecule has 1 fully saturated rings. The minimum Gasteiger partial charge on any atom is -0.465 e. The van der Waals surface area contributed by atoms with Crippen LogP contribution in [0.1, 0.15) is 26.7 Å². The van der Waals surface area contributed by atoms with Crippen LogP contribution in [-0.4, -0.2) is 56.6 Å². The third kappa shape index (κ3) is 5.26. The third-order valence-electron chi connectivity index (χ3n) is 3.33. The van der Waals surface area contributed by atoms with Crippen molar-refractivity contribution in [3.63, 3.8) is 0 Å². The van der Waals surface area contributed by atoms with Crippen molar-refractivity contribution in [2.24, 2.45) is 5.92 Å². The van der Waals surface area contributed by atoms with E-state index in [2.05, 4.69) is 5.32 Å². The Kier molecular flexibility index (Phi) is 6.81. The average molecular weight is 323 g/mol. The Hall–Kier alpha value is -0.270. The first-order valence-corrected chi connectivity index (χ1v) is 10.2. The number of hydrogen-bond donors (Lipinski definition) is 1. The molecule has 1 unspecified atom stereocenters. The summed E-state index contributed by atoms with van der Waals surface area (Å²) in [6.45, 7) is 4.84. The molecule has 0 aliphatic heterocycles. The van der Waals surface area contributed by atoms with Crippen molar-refractivity contribution >= 4 is 27.6 Å². The van der Waals surface area contributed by atoms with Gasteiger partial charge in [0.15, 0.2) is 0 Å². The molecule has 1 aliphatic rings. The van der Waals surface area contributed by atoms with E-state index in [0.29, 0.717) is 30.6 Å². The van der Waals surface area contributed by atoms with Crippen LogP contribution in [0.2, 0.25) is 0 Å². The van der Waals surface area contributed by atoms with E-state index >= 15 is 0 Å². The van der Waals surface area contributed by atoms with Crippen molar-refractivity contribution in [3.05, 3.63) is 0 Å². The van der Waals surface area contributed by atoms with E-state index in [1.807, 2.05) is 6.92 Å². The van der Waals surface area contributed by atoms with Gasteiger partial charge < -0.3 is 10.1 Å². The molecule has 5 nitrogen and oxygen atoms in total. The summed E-state index contributed by atoms with van der Waals surface area (Å²) in [5.41, 5.74) is -0.646. The number of ether oxygens (including phenoxy) is 1. The number of sulfone groups is 1. The summed E-state index contributed by atoms with van der Waals surface area (Å²) in [7, 11) is -2.95. The van der Waals surface area contributed by atoms with Crippen LogP contribution < -0.4 is 5.32 Å². The maximum atomic E-state index is 12.3. The molecule has 0 aromatic carbocycles. The molecule has 0 aromatic rings. The Morgan fingerprint density at radius 1 is 1.40 bits per heavy atom. The summed E-state index contributed by atoms with van der Waals surface area (Å²) in [5, 5.41) is 3.30. The van der Waals surface area contributed by atoms with Crippen LogP contribution in [0.25, 0.3) is 0 Å². The van der Waals surface area contributed by atoms with Crippen molar-refractivity contribution in [1.82, 2.24) is 5.32 Å². The molecule has 7 heteroatoms. The van der Waals surface area contributed by atoms with Gasteiger partial charge in [-0.3, -0.25) is 4.79 Å². The molecule has 0 heterocycles. The number of esters is 1. The Labute approximate surface area is 126 Å². The lowest BCUT2D eigenvalue weighted by atomic mass is 9.95. The van der Waals surface area contributed by atoms with Gasteiger partial charge in [0.2, 0.25) is 0 Å². The second-order valence-electron chi connectivity index (χ2n) is 5.18. The van der Waals surface area contributed by atoms with E-state index in [9.17, 15) is 13.2 Å². The van der Waals surface area contributed by atoms with Gasteiger partial charge in [0, 0.05) is 17.8 Å². The van der Waals surface area contributed by atoms with Crippen LogP contribution >= 0.6 is 11.8 Å². The van der Waals surface area contributed by atoms with Gasteiger partial charge in [0.25, 0.3) is 0 Å². The lowest BCUT2D eigenvalue weighted by Crippen LogP contribution is -2.57. The summed E-state index contributed by atoms with van der Waals surface area (Å²) in [6, 6.07) is 0. The molecule has 1 aliphatic carbocycles. The molecule has 0 spiro atoms. The highest BCUT2D eigenvalue weighted by molar-refractivity contribution is 8.00. The zero-order chi connectivity index (χ0) is 15.2. The quantitative estimate of drug-likeness (QED) is 0.479. The fourth-order valence-corrected chi connectivity index (χ4v) is 4.81. The molecule has 20 heavy (non-hydrogen) atoms. The first kappa shape index (κ1) is 17.8. The minimum absolute atomic E-state index is 0.146. The molecular formula is C13H25NO4S2. The molecule has 1 atom stereocenters. The molecule has 0 saturated heterocycles. The fourth-order valence-electron chi connectivity index (χ4n) is 2.21. The van der Waals surface area contributed by atoms with Gasteiger partial charge in [-0.25, -0.2) is 8.42 Å². The van der Waals surface area contributed by atoms with Crippen LogP contribution in [0.15, 0.2) is 0 Å². The van der Waals surface area contributed by atoms with Crippen LogP contribution in [0.3, 0.4) is 0 Å². The van der Waals surface area contributed by atoms with Crippen LogP contribution in [0.5, 0.6) is 0 Å². The average Bonchev–Trinajstić information content (AvgIpc) is 3.16. The number of likely N-dealkylation sites (N-methyl/N-ethyl adjacent to an activating group) is 1. The normalized spacial score (nSPS) is 18.6. The zero-order valence-electron chi connectivity index (χ0n) is 12.5. The van der Waals surface area contributed by atoms with Crippen LogP contribution in [0.4, 0.5) is 0 Å². The molecule has 1 saturated carbocycles. The SMILES string of the molecule is CCNC(CSCCS(C)(=O)=O)(C(=O)OCC)C1CC1. The second-order valence-corrected chi connectivity index (χ2v) is 8.54. The molecule has 0 aromatic heterocycles. The first-order chi connectivity index (χ1) is 9.35. The van der Waals surface area contributed by atoms with Crippen molar-refractivity contribution < 1.29 is 17.9 Å². The monoisotopic (exact) mass is 323 g/mol. The van der Waals surface area contributed by atoms with Crippen molar-refractivity contribution in [3.8, 4) is 0 Å². The van der Waals surface area contributed by atoms with E-state index in [1.54, 1.807) is 6.92 Å². The van der Waals surface area contributed by atoms with Crippen molar-refractivity contribution in [1.29, 1.82) is 0 Å². The fraction of sp³-hybridized carbons (Fsp3) is 0.923. The number of carbonyl (C=O) groups excluding carboxylic acids is 1. The Bertz CT molecular complexity index is 420. The van der Waals surface area contributed by atoms with Gasteiger partial charge in [-0.1, -0.05) is 6.92 Å². The number of hydrogen-bond acceptors (Lipinski definition) is 6. The smallest absolute Gasteiger partial charge is 0.327 e. The van der Waals surface area contributed by atoms with Gasteiger partial charge in [0.1, 0.15) is 15.4 Å². The van der Waals surface area contributed by atoms with E-state index < -0.39 is 15.4 Å². The van der Waals surface area contributed by atoms with Gasteiger partial charge >= 0.3 is 5.97 Å². The summed E-state index contributed by atoms with van der Waals surface area (Å²) < 4.78 is 27.5. The van der Waals surface area contributed by atoms with Crippen molar-refractivity contribution in [2.45, 2.75) is 32.2 Å². The zero-order valence-corrected chi connectivity index (χ0v) is 14.1. The number of carbonyl (C=O) groups is 1. The lowest BCUT2D eigenvalue weighted by Gasteiger charge is -2.32. The van der Waals surface area contributed by atoms with Gasteiger partial charge in [-0.15, -0.1) is 0 Å². The summed E-state index contributed by atoms with van der Waals surface area (Å²) in [6.07, 6.45) is 3.29. The highest BCUT2D eigenvalue weighted by Crippen LogP contribution is 2.42. The summed E-state index contributed by atoms with van der Waals surface area (Å²) >= 11 is 1.51. The third-order valence-corrected chi connectivity index (χ3v) is 5.69. The number of rotatable bonds is 10. The molecule has 0 bridgehead atoms. The molecule has 0 radical (unpaired) electrons. The second kappa shape index (κ2) is 7.66. The van der Waals surface area contributed by atoms with E-state index in [4.69, 9.17) is 4.74 Å². The Balaban J connectivity index is 2.64. The summed E-state index contributed by atoms with van der Waals surface area (Å²) in [4.78, 5) is 12.3. The predicted octanol–water partition coefficient (Wildman–Crippen LogP) is 1.09. The highest BCUT2D eigenvalue weighted by atomic mass is 32.2. The van der Waals surface area contributed by atoms with Crippen LogP contribution in [-0.2, 0) is 19.4 Å². The van der Waals surface area contributed by atoms with E-state index in [-0.39, 0.29) is 11.7 Å². The largest absolute Gasteiger partial charge is 0.465 e. The van der Waals surface area contributed by atoms with Gasteiger partial charge in [-0.2, -0.15) is 11.8 Å². The highest BCUT2D eigenvalue weighted by Gasteiger charge is 2.51. The molecule has 118 valence electrons. The lowest BCUT2D eigenvalue weighted by molar-refractivity contribution is -0.151. The van der Waals surface area contributed by atoms with E-state index in [0.717, 1.165) is 12.8 Å². The van der Waals surface area contributed by atoms with Gasteiger partial charge in [-0.05, 0) is 32.2 Å². The molecular weight excluding hydrogens is 298 g/mol. The number of thioether (sulfide) groups is 1. The Morgan fingerprint density at radius 3 is 2.50 bits per heavy atom. The molecule has 1 rings (SSSR count). The van der Waals surface area contributed by atoms with Crippen molar-refractivity contribution in [2.75, 3.05) is 36.7 Å². The van der Waals surface area contributed by atoms with E-state index in [1.165, 1.54) is 18.0 Å². The first-order valence-electron chi connectivity index (χ1n) is 7.03. The standard InChI is InChI=1S/C13H25NO4S2/c1-4-14-13(11-6-7-11,12(15)18-5-2)10-19-8-9-20(3,16)17/h11,14H,4-10H2,1-3H3. The maximum Gasteiger partial charge on any atom is 0.327 e. The molecule has 1 N–H and O–H groups in total. The number of nitrogens with one attached hydrogen (secondary N) is 1. The van der Waals surface area contributed by atoms with Gasteiger partial charge in [0.05, 0.1) is 12.4 Å². The topological polar surface area (TPSA) is 72.5 Å². The predicted molar refractivity (Wildman–Crippen MR) is 82.8 cm³/mol. The summed E-state index contributed by atoms with van der Waals surface area (Å²) in [5.74, 6) is 1.34.